The molecule has 1 N–H and O–H groups in total. The molecule has 1 heterocycles. The highest BCUT2D eigenvalue weighted by Crippen LogP contribution is 2.12. The van der Waals surface area contributed by atoms with E-state index in [2.05, 4.69) is 5.32 Å². The fourth-order valence-corrected chi connectivity index (χ4v) is 2.03. The molecule has 1 unspecified atom stereocenters. The van der Waals surface area contributed by atoms with Crippen molar-refractivity contribution in [1.82, 2.24) is 10.2 Å². The second-order valence-electron chi connectivity index (χ2n) is 4.25. The highest BCUT2D eigenvalue weighted by molar-refractivity contribution is 5.76. The molecule has 0 aliphatic carbocycles. The second-order valence-corrected chi connectivity index (χ2v) is 4.25. The van der Waals surface area contributed by atoms with Gasteiger partial charge in [0.2, 0.25) is 5.91 Å². The summed E-state index contributed by atoms with van der Waals surface area (Å²) in [6, 6.07) is 4.24. The molecule has 5 nitrogen and oxygen atoms in total. The maximum Gasteiger partial charge on any atom is 0.224 e. The van der Waals surface area contributed by atoms with Gasteiger partial charge in [-0.1, -0.05) is 6.42 Å². The number of nitrogens with zero attached hydrogens (tertiary/aromatic N) is 3. The molecular weight excluding hydrogens is 216 g/mol. The van der Waals surface area contributed by atoms with Crippen molar-refractivity contribution in [3.05, 3.63) is 0 Å². The minimum Gasteiger partial charge on any atom is -0.316 e. The molecule has 5 heteroatoms. The molecule has 1 saturated heterocycles. The van der Waals surface area contributed by atoms with Crippen LogP contribution >= 0.6 is 0 Å². The van der Waals surface area contributed by atoms with Gasteiger partial charge in [-0.15, -0.1) is 0 Å². The minimum absolute atomic E-state index is 0.00445. The van der Waals surface area contributed by atoms with Crippen molar-refractivity contribution in [2.24, 2.45) is 0 Å². The molecular formula is C12H18N4O. The molecule has 17 heavy (non-hydrogen) atoms. The first-order valence-electron chi connectivity index (χ1n) is 6.03. The first-order chi connectivity index (χ1) is 8.27. The van der Waals surface area contributed by atoms with Crippen molar-refractivity contribution < 1.29 is 4.79 Å². The molecule has 0 bridgehead atoms. The summed E-state index contributed by atoms with van der Waals surface area (Å²) in [5.41, 5.74) is 0. The highest BCUT2D eigenvalue weighted by Gasteiger charge is 2.17. The van der Waals surface area contributed by atoms with Crippen LogP contribution in [-0.4, -0.2) is 36.5 Å². The quantitative estimate of drug-likeness (QED) is 0.713. The number of hydrogen-bond acceptors (Lipinski definition) is 4. The molecule has 1 atom stereocenters. The summed E-state index contributed by atoms with van der Waals surface area (Å²) in [6.07, 6.45) is 4.75. The lowest BCUT2D eigenvalue weighted by molar-refractivity contribution is -0.130. The third kappa shape index (κ3) is 4.84. The molecule has 1 fully saturated rings. The maximum atomic E-state index is 11.8. The number of nitrogens with one attached hydrogen (secondary N) is 1. The van der Waals surface area contributed by atoms with Crippen LogP contribution in [0.1, 0.15) is 32.1 Å². The number of nitriles is 2. The Morgan fingerprint density at radius 1 is 1.29 bits per heavy atom. The van der Waals surface area contributed by atoms with Gasteiger partial charge in [-0.25, -0.2) is 0 Å². The second kappa shape index (κ2) is 7.65. The molecule has 0 aromatic carbocycles. The molecule has 0 aromatic heterocycles. The SMILES string of the molecule is N#CCN(CC#N)C(=O)CCC1CCCCN1. The summed E-state index contributed by atoms with van der Waals surface area (Å²) in [4.78, 5) is 13.1. The minimum atomic E-state index is -0.0968. The molecule has 92 valence electrons. The number of hydrogen-bond donors (Lipinski definition) is 1. The van der Waals surface area contributed by atoms with E-state index < -0.39 is 0 Å². The largest absolute Gasteiger partial charge is 0.316 e. The summed E-state index contributed by atoms with van der Waals surface area (Å²) in [5.74, 6) is -0.0968. The average molecular weight is 234 g/mol. The zero-order chi connectivity index (χ0) is 12.5. The van der Waals surface area contributed by atoms with Gasteiger partial charge >= 0.3 is 0 Å². The van der Waals surface area contributed by atoms with Crippen LogP contribution in [0.5, 0.6) is 0 Å². The maximum absolute atomic E-state index is 11.8. The average Bonchev–Trinajstić information content (AvgIpc) is 2.37. The van der Waals surface area contributed by atoms with E-state index in [1.54, 1.807) is 0 Å². The van der Waals surface area contributed by atoms with E-state index in [0.29, 0.717) is 12.5 Å². The summed E-state index contributed by atoms with van der Waals surface area (Å²) in [6.45, 7) is 1.04. The van der Waals surface area contributed by atoms with Crippen LogP contribution in [-0.2, 0) is 4.79 Å². The van der Waals surface area contributed by atoms with Gasteiger partial charge in [0.25, 0.3) is 0 Å². The van der Waals surface area contributed by atoms with E-state index >= 15 is 0 Å². The molecule has 0 radical (unpaired) electrons. The Labute approximate surface area is 102 Å². The van der Waals surface area contributed by atoms with Gasteiger partial charge in [-0.2, -0.15) is 10.5 Å². The Hall–Kier alpha value is -1.59. The van der Waals surface area contributed by atoms with E-state index in [4.69, 9.17) is 10.5 Å². The summed E-state index contributed by atoms with van der Waals surface area (Å²) in [7, 11) is 0. The molecule has 0 saturated carbocycles. The normalized spacial score (nSPS) is 19.1. The molecule has 1 aliphatic heterocycles. The predicted octanol–water partition coefficient (Wildman–Crippen LogP) is 0.784. The molecule has 0 spiro atoms. The van der Waals surface area contributed by atoms with Crippen LogP contribution in [0.15, 0.2) is 0 Å². The topological polar surface area (TPSA) is 79.9 Å². The standard InChI is InChI=1S/C12H18N4O/c13-6-9-16(10-7-14)12(17)5-4-11-3-1-2-8-15-11/h11,15H,1-5,8-10H2. The Kier molecular flexibility index (Phi) is 6.06. The van der Waals surface area contributed by atoms with E-state index in [0.717, 1.165) is 19.4 Å². The lowest BCUT2D eigenvalue weighted by Gasteiger charge is -2.24. The number of piperidine rings is 1. The van der Waals surface area contributed by atoms with Crippen molar-refractivity contribution >= 4 is 5.91 Å². The highest BCUT2D eigenvalue weighted by atomic mass is 16.2. The lowest BCUT2D eigenvalue weighted by Crippen LogP contribution is -2.37. The smallest absolute Gasteiger partial charge is 0.224 e. The van der Waals surface area contributed by atoms with Crippen LogP contribution in [0.3, 0.4) is 0 Å². The number of carbonyl (C=O) groups is 1. The molecule has 1 amide bonds. The van der Waals surface area contributed by atoms with Crippen molar-refractivity contribution in [3.8, 4) is 12.1 Å². The van der Waals surface area contributed by atoms with Gasteiger partial charge in [-0.05, 0) is 25.8 Å². The van der Waals surface area contributed by atoms with E-state index in [1.807, 2.05) is 12.1 Å². The van der Waals surface area contributed by atoms with Gasteiger partial charge in [0.1, 0.15) is 13.1 Å². The fraction of sp³-hybridized carbons (Fsp3) is 0.750. The predicted molar refractivity (Wildman–Crippen MR) is 62.7 cm³/mol. The van der Waals surface area contributed by atoms with Gasteiger partial charge < -0.3 is 10.2 Å². The van der Waals surface area contributed by atoms with E-state index in [-0.39, 0.29) is 19.0 Å². The van der Waals surface area contributed by atoms with Crippen LogP contribution in [0.2, 0.25) is 0 Å². The lowest BCUT2D eigenvalue weighted by atomic mass is 10.0. The monoisotopic (exact) mass is 234 g/mol. The van der Waals surface area contributed by atoms with Crippen molar-refractivity contribution in [2.45, 2.75) is 38.1 Å². The number of carbonyl (C=O) groups excluding carboxylic acids is 1. The summed E-state index contributed by atoms with van der Waals surface area (Å²) >= 11 is 0. The zero-order valence-corrected chi connectivity index (χ0v) is 9.98. The first kappa shape index (κ1) is 13.5. The molecule has 0 aromatic rings. The van der Waals surface area contributed by atoms with Crippen molar-refractivity contribution in [3.63, 3.8) is 0 Å². The van der Waals surface area contributed by atoms with Gasteiger partial charge in [0.05, 0.1) is 12.1 Å². The number of rotatable bonds is 5. The van der Waals surface area contributed by atoms with Crippen LogP contribution in [0.25, 0.3) is 0 Å². The van der Waals surface area contributed by atoms with E-state index in [9.17, 15) is 4.79 Å². The van der Waals surface area contributed by atoms with Gasteiger partial charge in [-0.3, -0.25) is 4.79 Å². The fourth-order valence-electron chi connectivity index (χ4n) is 2.03. The first-order valence-corrected chi connectivity index (χ1v) is 6.03. The van der Waals surface area contributed by atoms with Crippen LogP contribution in [0.4, 0.5) is 0 Å². The Morgan fingerprint density at radius 2 is 2.00 bits per heavy atom. The third-order valence-corrected chi connectivity index (χ3v) is 2.99. The summed E-state index contributed by atoms with van der Waals surface area (Å²) in [5, 5.41) is 20.5. The summed E-state index contributed by atoms with van der Waals surface area (Å²) < 4.78 is 0. The van der Waals surface area contributed by atoms with Crippen LogP contribution in [0, 0.1) is 22.7 Å². The Balaban J connectivity index is 2.31. The molecule has 1 rings (SSSR count). The zero-order valence-electron chi connectivity index (χ0n) is 9.98. The third-order valence-electron chi connectivity index (χ3n) is 2.99. The Bertz CT molecular complexity index is 306. The van der Waals surface area contributed by atoms with Crippen molar-refractivity contribution in [1.29, 1.82) is 10.5 Å². The Morgan fingerprint density at radius 3 is 2.53 bits per heavy atom. The van der Waals surface area contributed by atoms with E-state index in [1.165, 1.54) is 17.7 Å². The van der Waals surface area contributed by atoms with Crippen molar-refractivity contribution in [2.75, 3.05) is 19.6 Å². The van der Waals surface area contributed by atoms with Gasteiger partial charge in [0.15, 0.2) is 0 Å². The molecule has 1 aliphatic rings. The van der Waals surface area contributed by atoms with Gasteiger partial charge in [0, 0.05) is 12.5 Å². The number of amides is 1. The van der Waals surface area contributed by atoms with Crippen LogP contribution < -0.4 is 5.32 Å².